The van der Waals surface area contributed by atoms with Crippen LogP contribution in [0.25, 0.3) is 0 Å². The van der Waals surface area contributed by atoms with Gasteiger partial charge >= 0.3 is 0 Å². The molecule has 4 heteroatoms. The summed E-state index contributed by atoms with van der Waals surface area (Å²) in [6, 6.07) is 7.67. The minimum Gasteiger partial charge on any atom is -0.324 e. The molecule has 0 fully saturated rings. The predicted molar refractivity (Wildman–Crippen MR) is 73.7 cm³/mol. The number of nitrogens with zero attached hydrogens (tertiary/aromatic N) is 1. The molecule has 2 N–H and O–H groups in total. The monoisotopic (exact) mass is 266 g/mol. The Kier molecular flexibility index (Phi) is 3.82. The molecule has 0 saturated heterocycles. The first-order valence-electron chi connectivity index (χ1n) is 5.50. The van der Waals surface area contributed by atoms with Crippen LogP contribution in [0.1, 0.15) is 27.2 Å². The van der Waals surface area contributed by atoms with Crippen LogP contribution < -0.4 is 5.73 Å². The minimum absolute atomic E-state index is 0.0165. The lowest BCUT2D eigenvalue weighted by Gasteiger charge is -2.10. The minimum atomic E-state index is -0.0165. The van der Waals surface area contributed by atoms with Crippen molar-refractivity contribution in [3.05, 3.63) is 50.4 Å². The highest BCUT2D eigenvalue weighted by Gasteiger charge is 2.11. The number of halogens is 1. The molecule has 0 amide bonds. The molecule has 17 heavy (non-hydrogen) atoms. The second-order valence-electron chi connectivity index (χ2n) is 4.11. The summed E-state index contributed by atoms with van der Waals surface area (Å²) in [7, 11) is 0. The maximum atomic E-state index is 6.16. The van der Waals surface area contributed by atoms with Crippen molar-refractivity contribution >= 4 is 22.9 Å². The summed E-state index contributed by atoms with van der Waals surface area (Å²) in [5, 5.41) is 1.84. The molecule has 0 aliphatic heterocycles. The van der Waals surface area contributed by atoms with Gasteiger partial charge in [-0.15, -0.1) is 11.3 Å². The molecule has 1 atom stereocenters. The van der Waals surface area contributed by atoms with Crippen LogP contribution in [0.15, 0.2) is 24.3 Å². The van der Waals surface area contributed by atoms with E-state index in [1.165, 1.54) is 4.88 Å². The number of hydrogen-bond acceptors (Lipinski definition) is 3. The number of benzene rings is 1. The van der Waals surface area contributed by atoms with Crippen molar-refractivity contribution in [2.75, 3.05) is 0 Å². The van der Waals surface area contributed by atoms with Gasteiger partial charge in [0.25, 0.3) is 0 Å². The zero-order valence-corrected chi connectivity index (χ0v) is 11.5. The number of hydrogen-bond donors (Lipinski definition) is 1. The van der Waals surface area contributed by atoms with Gasteiger partial charge in [0.05, 0.1) is 10.7 Å². The van der Waals surface area contributed by atoms with E-state index in [0.29, 0.717) is 0 Å². The summed E-state index contributed by atoms with van der Waals surface area (Å²) in [5.41, 5.74) is 8.36. The van der Waals surface area contributed by atoms with E-state index >= 15 is 0 Å². The van der Waals surface area contributed by atoms with Gasteiger partial charge in [-0.3, -0.25) is 0 Å². The number of aromatic nitrogens is 1. The van der Waals surface area contributed by atoms with Gasteiger partial charge in [-0.05, 0) is 31.5 Å². The Morgan fingerprint density at radius 1 is 1.29 bits per heavy atom. The van der Waals surface area contributed by atoms with Crippen LogP contribution >= 0.6 is 22.9 Å². The zero-order valence-electron chi connectivity index (χ0n) is 9.90. The molecule has 2 nitrogen and oxygen atoms in total. The molecule has 0 bridgehead atoms. The first-order chi connectivity index (χ1) is 8.06. The standard InChI is InChI=1S/C13H15ClN2S/c1-8-9(2)17-13(16-8)7-12(15)10-3-5-11(14)6-4-10/h3-6,12H,7,15H2,1-2H3. The number of nitrogens with two attached hydrogens (primary N) is 1. The third-order valence-electron chi connectivity index (χ3n) is 2.77. The molecule has 2 rings (SSSR count). The summed E-state index contributed by atoms with van der Waals surface area (Å²) < 4.78 is 0. The topological polar surface area (TPSA) is 38.9 Å². The van der Waals surface area contributed by atoms with Gasteiger partial charge in [0, 0.05) is 22.4 Å². The second kappa shape index (κ2) is 5.17. The first kappa shape index (κ1) is 12.6. The maximum absolute atomic E-state index is 6.16. The lowest BCUT2D eigenvalue weighted by Crippen LogP contribution is -2.13. The highest BCUT2D eigenvalue weighted by Crippen LogP contribution is 2.23. The third kappa shape index (κ3) is 3.06. The van der Waals surface area contributed by atoms with E-state index in [-0.39, 0.29) is 6.04 Å². The fourth-order valence-corrected chi connectivity index (χ4v) is 2.76. The highest BCUT2D eigenvalue weighted by atomic mass is 35.5. The van der Waals surface area contributed by atoms with Crippen LogP contribution in [0.3, 0.4) is 0 Å². The summed E-state index contributed by atoms with van der Waals surface area (Å²) in [6.07, 6.45) is 0.779. The van der Waals surface area contributed by atoms with Crippen molar-refractivity contribution in [1.29, 1.82) is 0 Å². The van der Waals surface area contributed by atoms with Crippen molar-refractivity contribution in [2.24, 2.45) is 5.73 Å². The van der Waals surface area contributed by atoms with Crippen LogP contribution in [0.2, 0.25) is 5.02 Å². The van der Waals surface area contributed by atoms with Gasteiger partial charge < -0.3 is 5.73 Å². The SMILES string of the molecule is Cc1nc(CC(N)c2ccc(Cl)cc2)sc1C. The van der Waals surface area contributed by atoms with Crippen molar-refractivity contribution in [2.45, 2.75) is 26.3 Å². The van der Waals surface area contributed by atoms with Gasteiger partial charge in [0.15, 0.2) is 0 Å². The lowest BCUT2D eigenvalue weighted by molar-refractivity contribution is 0.717. The van der Waals surface area contributed by atoms with E-state index in [0.717, 1.165) is 27.7 Å². The summed E-state index contributed by atoms with van der Waals surface area (Å²) in [4.78, 5) is 5.77. The number of rotatable bonds is 3. The quantitative estimate of drug-likeness (QED) is 0.921. The van der Waals surface area contributed by atoms with Crippen molar-refractivity contribution in [3.63, 3.8) is 0 Å². The molecule has 0 spiro atoms. The molecule has 0 aliphatic carbocycles. The Bertz CT molecular complexity index is 485. The molecule has 90 valence electrons. The van der Waals surface area contributed by atoms with Crippen LogP contribution in [-0.4, -0.2) is 4.98 Å². The largest absolute Gasteiger partial charge is 0.324 e. The summed E-state index contributed by atoms with van der Waals surface area (Å²) in [5.74, 6) is 0. The lowest BCUT2D eigenvalue weighted by atomic mass is 10.1. The summed E-state index contributed by atoms with van der Waals surface area (Å²) in [6.45, 7) is 4.12. The molecule has 0 aliphatic rings. The average molecular weight is 267 g/mol. The van der Waals surface area contributed by atoms with E-state index in [4.69, 9.17) is 17.3 Å². The average Bonchev–Trinajstić information content (AvgIpc) is 2.58. The molecule has 1 aromatic heterocycles. The number of thiazole rings is 1. The molecular formula is C13H15ClN2S. The highest BCUT2D eigenvalue weighted by molar-refractivity contribution is 7.11. The predicted octanol–water partition coefficient (Wildman–Crippen LogP) is 3.66. The van der Waals surface area contributed by atoms with Gasteiger partial charge in [0.2, 0.25) is 0 Å². The summed E-state index contributed by atoms with van der Waals surface area (Å²) >= 11 is 7.57. The molecule has 2 aromatic rings. The van der Waals surface area contributed by atoms with Crippen LogP contribution in [0.4, 0.5) is 0 Å². The fourth-order valence-electron chi connectivity index (χ4n) is 1.64. The van der Waals surface area contributed by atoms with Gasteiger partial charge in [-0.1, -0.05) is 23.7 Å². The zero-order chi connectivity index (χ0) is 12.4. The third-order valence-corrected chi connectivity index (χ3v) is 4.11. The van der Waals surface area contributed by atoms with E-state index in [2.05, 4.69) is 11.9 Å². The Morgan fingerprint density at radius 2 is 1.94 bits per heavy atom. The first-order valence-corrected chi connectivity index (χ1v) is 6.69. The van der Waals surface area contributed by atoms with E-state index in [9.17, 15) is 0 Å². The van der Waals surface area contributed by atoms with E-state index in [1.54, 1.807) is 11.3 Å². The van der Waals surface area contributed by atoms with Crippen LogP contribution in [-0.2, 0) is 6.42 Å². The number of aryl methyl sites for hydroxylation is 2. The molecular weight excluding hydrogens is 252 g/mol. The Balaban J connectivity index is 2.11. The fraction of sp³-hybridized carbons (Fsp3) is 0.308. The molecule has 0 radical (unpaired) electrons. The maximum Gasteiger partial charge on any atom is 0.0949 e. The molecule has 1 aromatic carbocycles. The Hall–Kier alpha value is -0.900. The Labute approximate surface area is 110 Å². The molecule has 0 saturated carbocycles. The second-order valence-corrected chi connectivity index (χ2v) is 5.84. The van der Waals surface area contributed by atoms with Crippen LogP contribution in [0.5, 0.6) is 0 Å². The van der Waals surface area contributed by atoms with E-state index < -0.39 is 0 Å². The van der Waals surface area contributed by atoms with Crippen molar-refractivity contribution in [3.8, 4) is 0 Å². The normalized spacial score (nSPS) is 12.7. The Morgan fingerprint density at radius 3 is 2.47 bits per heavy atom. The van der Waals surface area contributed by atoms with E-state index in [1.807, 2.05) is 31.2 Å². The molecule has 1 unspecified atom stereocenters. The van der Waals surface area contributed by atoms with Gasteiger partial charge in [-0.25, -0.2) is 4.98 Å². The van der Waals surface area contributed by atoms with Gasteiger partial charge in [0.1, 0.15) is 0 Å². The van der Waals surface area contributed by atoms with Gasteiger partial charge in [-0.2, -0.15) is 0 Å². The van der Waals surface area contributed by atoms with Crippen LogP contribution in [0, 0.1) is 13.8 Å². The van der Waals surface area contributed by atoms with Crippen molar-refractivity contribution < 1.29 is 0 Å². The molecule has 1 heterocycles. The smallest absolute Gasteiger partial charge is 0.0949 e. The van der Waals surface area contributed by atoms with Crippen molar-refractivity contribution in [1.82, 2.24) is 4.98 Å².